The van der Waals surface area contributed by atoms with Crippen molar-refractivity contribution < 1.29 is 14.4 Å². The number of aromatic nitrogens is 1. The normalized spacial score (nSPS) is 12.5. The Morgan fingerprint density at radius 3 is 2.61 bits per heavy atom. The molecule has 1 aromatic heterocycles. The fraction of sp³-hybridized carbons (Fsp3) is 0.333. The molecule has 28 heavy (non-hydrogen) atoms. The van der Waals surface area contributed by atoms with Crippen LogP contribution in [0.1, 0.15) is 15.9 Å². The first-order chi connectivity index (χ1) is 13.5. The number of aliphatic hydroxyl groups is 1. The molecule has 146 valence electrons. The second-order valence-electron chi connectivity index (χ2n) is 7.28. The molecule has 0 spiro atoms. The average Bonchev–Trinajstić information content (AvgIpc) is 3.11. The molecule has 7 nitrogen and oxygen atoms in total. The van der Waals surface area contributed by atoms with Crippen molar-refractivity contribution >= 4 is 28.1 Å². The molecule has 0 atom stereocenters. The zero-order valence-electron chi connectivity index (χ0n) is 16.3. The van der Waals surface area contributed by atoms with Crippen LogP contribution in [-0.4, -0.2) is 68.3 Å². The minimum absolute atomic E-state index is 0.0205. The van der Waals surface area contributed by atoms with Gasteiger partial charge in [-0.05, 0) is 13.1 Å². The first kappa shape index (κ1) is 18.5. The van der Waals surface area contributed by atoms with Gasteiger partial charge in [0.2, 0.25) is 0 Å². The maximum Gasteiger partial charge on any atom is 0.196 e. The lowest BCUT2D eigenvalue weighted by Crippen LogP contribution is -2.28. The molecule has 1 aliphatic carbocycles. The fourth-order valence-electron chi connectivity index (χ4n) is 3.69. The van der Waals surface area contributed by atoms with Gasteiger partial charge in [0.15, 0.2) is 11.5 Å². The number of carbonyl (C=O) groups is 1. The number of rotatable bonds is 7. The van der Waals surface area contributed by atoms with E-state index >= 15 is 0 Å². The highest BCUT2D eigenvalue weighted by molar-refractivity contribution is 6.28. The topological polar surface area (TPSA) is 81.8 Å². The Morgan fingerprint density at radius 2 is 1.89 bits per heavy atom. The van der Waals surface area contributed by atoms with E-state index in [1.807, 2.05) is 61.3 Å². The van der Waals surface area contributed by atoms with Gasteiger partial charge >= 0.3 is 0 Å². The lowest BCUT2D eigenvalue weighted by atomic mass is 9.86. The number of aliphatic hydroxyl groups excluding tert-OH is 1. The lowest BCUT2D eigenvalue weighted by molar-refractivity contribution is 0.104. The van der Waals surface area contributed by atoms with Crippen LogP contribution in [0.15, 0.2) is 34.9 Å². The van der Waals surface area contributed by atoms with E-state index in [0.29, 0.717) is 35.5 Å². The molecule has 0 bridgehead atoms. The molecule has 0 aliphatic heterocycles. The van der Waals surface area contributed by atoms with Crippen LogP contribution in [0, 0.1) is 0 Å². The van der Waals surface area contributed by atoms with Crippen LogP contribution in [0.5, 0.6) is 0 Å². The minimum atomic E-state index is -0.0205. The van der Waals surface area contributed by atoms with Gasteiger partial charge in [0.25, 0.3) is 0 Å². The van der Waals surface area contributed by atoms with E-state index in [9.17, 15) is 4.79 Å². The van der Waals surface area contributed by atoms with Crippen LogP contribution in [0.4, 0.5) is 11.4 Å². The maximum atomic E-state index is 13.3. The first-order valence-corrected chi connectivity index (χ1v) is 9.34. The highest BCUT2D eigenvalue weighted by Crippen LogP contribution is 2.45. The zero-order chi connectivity index (χ0) is 19.8. The van der Waals surface area contributed by atoms with Crippen LogP contribution in [-0.2, 0) is 0 Å². The van der Waals surface area contributed by atoms with Gasteiger partial charge in [-0.2, -0.15) is 0 Å². The van der Waals surface area contributed by atoms with Gasteiger partial charge in [-0.25, -0.2) is 0 Å². The summed E-state index contributed by atoms with van der Waals surface area (Å²) in [5.74, 6) is 0.622. The smallest absolute Gasteiger partial charge is 0.196 e. The number of likely N-dealkylation sites (N-methyl/N-ethyl adjacent to an activating group) is 1. The van der Waals surface area contributed by atoms with E-state index < -0.39 is 0 Å². The summed E-state index contributed by atoms with van der Waals surface area (Å²) in [6.07, 6.45) is 0. The Hall–Kier alpha value is -2.90. The number of fused-ring (bicyclic) bond motifs is 2. The van der Waals surface area contributed by atoms with Gasteiger partial charge in [0.1, 0.15) is 5.52 Å². The molecule has 0 saturated heterocycles. The van der Waals surface area contributed by atoms with Crippen molar-refractivity contribution in [1.29, 1.82) is 0 Å². The maximum absolute atomic E-state index is 13.3. The van der Waals surface area contributed by atoms with Gasteiger partial charge in [-0.3, -0.25) is 4.79 Å². The molecule has 0 unspecified atom stereocenters. The predicted molar refractivity (Wildman–Crippen MR) is 110 cm³/mol. The number of nitrogens with zero attached hydrogens (tertiary/aromatic N) is 3. The van der Waals surface area contributed by atoms with E-state index in [4.69, 9.17) is 9.63 Å². The quantitative estimate of drug-likeness (QED) is 0.510. The van der Waals surface area contributed by atoms with Gasteiger partial charge in [0.05, 0.1) is 23.2 Å². The molecule has 0 saturated carbocycles. The molecule has 0 radical (unpaired) electrons. The van der Waals surface area contributed by atoms with Crippen LogP contribution in [0.25, 0.3) is 22.2 Å². The number of hydrogen-bond acceptors (Lipinski definition) is 7. The second-order valence-corrected chi connectivity index (χ2v) is 7.28. The fourth-order valence-corrected chi connectivity index (χ4v) is 3.69. The second kappa shape index (κ2) is 7.26. The Morgan fingerprint density at radius 1 is 1.14 bits per heavy atom. The van der Waals surface area contributed by atoms with Crippen LogP contribution >= 0.6 is 0 Å². The summed E-state index contributed by atoms with van der Waals surface area (Å²) in [6, 6.07) is 9.45. The van der Waals surface area contributed by atoms with Crippen molar-refractivity contribution in [2.45, 2.75) is 0 Å². The van der Waals surface area contributed by atoms with Crippen LogP contribution < -0.4 is 10.2 Å². The summed E-state index contributed by atoms with van der Waals surface area (Å²) < 4.78 is 5.70. The van der Waals surface area contributed by atoms with Crippen LogP contribution in [0.3, 0.4) is 0 Å². The summed E-state index contributed by atoms with van der Waals surface area (Å²) in [5.41, 5.74) is 4.39. The van der Waals surface area contributed by atoms with Crippen molar-refractivity contribution in [3.8, 4) is 11.3 Å². The molecule has 2 aromatic carbocycles. The van der Waals surface area contributed by atoms with E-state index in [1.165, 1.54) is 0 Å². The Balaban J connectivity index is 1.83. The van der Waals surface area contributed by atoms with Gasteiger partial charge < -0.3 is 24.7 Å². The molecule has 0 amide bonds. The van der Waals surface area contributed by atoms with Gasteiger partial charge in [-0.15, -0.1) is 0 Å². The Labute approximate surface area is 163 Å². The number of anilines is 2. The molecule has 4 rings (SSSR count). The molecule has 1 heterocycles. The number of nitrogens with one attached hydrogen (secondary N) is 1. The third-order valence-electron chi connectivity index (χ3n) is 5.15. The van der Waals surface area contributed by atoms with Crippen molar-refractivity contribution in [3.05, 3.63) is 41.5 Å². The number of carbonyl (C=O) groups excluding carboxylic acids is 1. The summed E-state index contributed by atoms with van der Waals surface area (Å²) in [6.45, 7) is 2.13. The summed E-state index contributed by atoms with van der Waals surface area (Å²) in [7, 11) is 5.85. The third kappa shape index (κ3) is 2.93. The lowest BCUT2D eigenvalue weighted by Gasteiger charge is -2.22. The molecule has 7 heteroatoms. The minimum Gasteiger partial charge on any atom is -0.395 e. The molecular formula is C21H24N4O3. The number of ketones is 1. The van der Waals surface area contributed by atoms with Gasteiger partial charge in [-0.1, -0.05) is 29.4 Å². The van der Waals surface area contributed by atoms with Gasteiger partial charge in [0, 0.05) is 50.5 Å². The molecular weight excluding hydrogens is 356 g/mol. The monoisotopic (exact) mass is 380 g/mol. The van der Waals surface area contributed by atoms with E-state index in [2.05, 4.69) is 10.5 Å². The van der Waals surface area contributed by atoms with Crippen molar-refractivity contribution in [2.75, 3.05) is 57.6 Å². The average molecular weight is 380 g/mol. The third-order valence-corrected chi connectivity index (χ3v) is 5.15. The summed E-state index contributed by atoms with van der Waals surface area (Å²) >= 11 is 0. The summed E-state index contributed by atoms with van der Waals surface area (Å²) in [5, 5.41) is 17.5. The predicted octanol–water partition coefficient (Wildman–Crippen LogP) is 2.44. The largest absolute Gasteiger partial charge is 0.395 e. The van der Waals surface area contributed by atoms with Crippen molar-refractivity contribution in [2.24, 2.45) is 0 Å². The Kier molecular flexibility index (Phi) is 4.78. The summed E-state index contributed by atoms with van der Waals surface area (Å²) in [4.78, 5) is 17.3. The number of hydrogen-bond donors (Lipinski definition) is 2. The standard InChI is InChI=1S/C21H24N4O3/c1-24(2)16-12-15(22-8-9-25(3)10-11-26)17-18-19(16)23-28-21(18)14-7-5-4-6-13(14)20(17)27/h4-7,12,22,26H,8-11H2,1-3H3. The molecule has 3 aromatic rings. The highest BCUT2D eigenvalue weighted by atomic mass is 16.5. The van der Waals surface area contributed by atoms with Crippen LogP contribution in [0.2, 0.25) is 0 Å². The molecule has 2 N–H and O–H groups in total. The zero-order valence-corrected chi connectivity index (χ0v) is 16.3. The first-order valence-electron chi connectivity index (χ1n) is 9.34. The van der Waals surface area contributed by atoms with Crippen molar-refractivity contribution in [3.63, 3.8) is 0 Å². The highest BCUT2D eigenvalue weighted by Gasteiger charge is 2.32. The molecule has 1 aliphatic rings. The SMILES string of the molecule is CN(CCO)CCNc1cc(N(C)C)c2noc3c2c1C(=O)c1ccccc1-3. The van der Waals surface area contributed by atoms with E-state index in [-0.39, 0.29) is 12.4 Å². The van der Waals surface area contributed by atoms with E-state index in [0.717, 1.165) is 28.9 Å². The Bertz CT molecular complexity index is 1040. The van der Waals surface area contributed by atoms with Crippen molar-refractivity contribution in [1.82, 2.24) is 10.1 Å². The van der Waals surface area contributed by atoms with E-state index in [1.54, 1.807) is 0 Å². The number of benzene rings is 2. The molecule has 0 fully saturated rings.